The van der Waals surface area contributed by atoms with E-state index in [1.165, 1.54) is 22.8 Å². The summed E-state index contributed by atoms with van der Waals surface area (Å²) < 4.78 is 12.4. The van der Waals surface area contributed by atoms with Crippen molar-refractivity contribution < 1.29 is 34.4 Å². The normalized spacial score (nSPS) is 26.1. The van der Waals surface area contributed by atoms with Gasteiger partial charge in [0.25, 0.3) is 0 Å². The minimum atomic E-state index is -1.35. The maximum atomic E-state index is 11.8. The van der Waals surface area contributed by atoms with E-state index in [0.717, 1.165) is 0 Å². The standard InChI is InChI=1S/C18H22N6O7/c1-7(18(28)29)3-10(25)30-5-9-12(26)13(27)17(31-9)24-4-8-11-15(20-6-21-16(11)24)23(2)22-14(8)19/h4,6-7,9,12-13,17,26-27H,3,5H2,1-2H3,(H2,19,22)(H,28,29)/t7?,9-,12?,13+,17-/m1/s1. The molecule has 31 heavy (non-hydrogen) atoms. The number of carboxylic acid groups (broad SMARTS) is 1. The molecule has 0 aromatic carbocycles. The lowest BCUT2D eigenvalue weighted by molar-refractivity contribution is -0.155. The Bertz CT molecular complexity index is 1070. The van der Waals surface area contributed by atoms with Gasteiger partial charge in [-0.3, -0.25) is 9.59 Å². The highest BCUT2D eigenvalue weighted by Crippen LogP contribution is 2.37. The van der Waals surface area contributed by atoms with Crippen molar-refractivity contribution in [2.45, 2.75) is 37.9 Å². The molecule has 0 radical (unpaired) electrons. The molecule has 2 aromatic rings. The van der Waals surface area contributed by atoms with Gasteiger partial charge in [-0.05, 0) is 0 Å². The summed E-state index contributed by atoms with van der Waals surface area (Å²) in [4.78, 5) is 31.2. The number of nitrogens with two attached hydrogens (primary N) is 1. The zero-order valence-corrected chi connectivity index (χ0v) is 16.7. The van der Waals surface area contributed by atoms with Crippen LogP contribution in [0.25, 0.3) is 11.0 Å². The summed E-state index contributed by atoms with van der Waals surface area (Å²) >= 11 is 0. The fourth-order valence-corrected chi connectivity index (χ4v) is 3.63. The number of carbonyl (C=O) groups excluding carboxylic acids is 1. The second-order valence-electron chi connectivity index (χ2n) is 7.53. The summed E-state index contributed by atoms with van der Waals surface area (Å²) in [5, 5.41) is 36.2. The lowest BCUT2D eigenvalue weighted by Gasteiger charge is -2.19. The number of aliphatic carboxylic acids is 1. The average molecular weight is 434 g/mol. The predicted molar refractivity (Wildman–Crippen MR) is 105 cm³/mol. The first-order valence-electron chi connectivity index (χ1n) is 9.52. The Morgan fingerprint density at radius 2 is 2.06 bits per heavy atom. The Morgan fingerprint density at radius 3 is 2.77 bits per heavy atom. The van der Waals surface area contributed by atoms with Crippen molar-refractivity contribution in [1.29, 1.82) is 0 Å². The molecule has 1 fully saturated rings. The van der Waals surface area contributed by atoms with Gasteiger partial charge in [-0.2, -0.15) is 5.10 Å². The third-order valence-electron chi connectivity index (χ3n) is 5.34. The number of carboxylic acids is 1. The first-order chi connectivity index (χ1) is 14.7. The number of anilines is 1. The molecule has 0 aliphatic carbocycles. The minimum Gasteiger partial charge on any atom is -0.481 e. The Hall–Kier alpha value is -3.29. The first-order valence-corrected chi connectivity index (χ1v) is 9.52. The molecule has 13 heteroatoms. The zero-order chi connectivity index (χ0) is 22.4. The van der Waals surface area contributed by atoms with Crippen molar-refractivity contribution in [3.05, 3.63) is 18.1 Å². The van der Waals surface area contributed by atoms with Gasteiger partial charge in [0.2, 0.25) is 0 Å². The number of esters is 1. The molecule has 0 bridgehead atoms. The second kappa shape index (κ2) is 7.76. The highest BCUT2D eigenvalue weighted by Gasteiger charge is 2.45. The van der Waals surface area contributed by atoms with Crippen LogP contribution in [0, 0.1) is 5.92 Å². The van der Waals surface area contributed by atoms with Crippen LogP contribution in [0.3, 0.4) is 0 Å². The van der Waals surface area contributed by atoms with Gasteiger partial charge in [0.1, 0.15) is 36.9 Å². The molecule has 2 aromatic heterocycles. The minimum absolute atomic E-state index is 0.236. The highest BCUT2D eigenvalue weighted by molar-refractivity contribution is 6.13. The molecular weight excluding hydrogens is 412 g/mol. The number of nitrogens with zero attached hydrogens (tertiary/aromatic N) is 5. The first kappa shape index (κ1) is 21.0. The van der Waals surface area contributed by atoms with Gasteiger partial charge in [0, 0.05) is 18.8 Å². The van der Waals surface area contributed by atoms with E-state index in [-0.39, 0.29) is 18.9 Å². The van der Waals surface area contributed by atoms with Crippen LogP contribution in [0.2, 0.25) is 0 Å². The third kappa shape index (κ3) is 3.56. The van der Waals surface area contributed by atoms with Gasteiger partial charge >= 0.3 is 11.9 Å². The zero-order valence-electron chi connectivity index (χ0n) is 16.7. The monoisotopic (exact) mass is 434 g/mol. The van der Waals surface area contributed by atoms with Crippen LogP contribution in [0.15, 0.2) is 17.6 Å². The Labute approximate surface area is 175 Å². The van der Waals surface area contributed by atoms with E-state index in [4.69, 9.17) is 20.3 Å². The Kier molecular flexibility index (Phi) is 5.24. The average Bonchev–Trinajstić information content (AvgIpc) is 3.24. The second-order valence-corrected chi connectivity index (χ2v) is 7.53. The van der Waals surface area contributed by atoms with Gasteiger partial charge in [-0.25, -0.2) is 15.0 Å². The van der Waals surface area contributed by atoms with Gasteiger partial charge in [0.05, 0.1) is 17.7 Å². The van der Waals surface area contributed by atoms with E-state index in [0.29, 0.717) is 22.4 Å². The van der Waals surface area contributed by atoms with E-state index >= 15 is 0 Å². The number of hydrazone groups is 1. The summed E-state index contributed by atoms with van der Waals surface area (Å²) in [6.45, 7) is 1.03. The molecule has 0 amide bonds. The maximum absolute atomic E-state index is 11.8. The van der Waals surface area contributed by atoms with E-state index in [1.54, 1.807) is 13.2 Å². The quantitative estimate of drug-likeness (QED) is 0.399. The summed E-state index contributed by atoms with van der Waals surface area (Å²) in [6.07, 6.45) is -2.13. The number of hydrogen-bond donors (Lipinski definition) is 4. The predicted octanol–water partition coefficient (Wildman–Crippen LogP) is -1.23. The van der Waals surface area contributed by atoms with Gasteiger partial charge in [-0.15, -0.1) is 0 Å². The molecule has 0 spiro atoms. The fraction of sp³-hybridized carbons (Fsp3) is 0.500. The summed E-state index contributed by atoms with van der Waals surface area (Å²) in [7, 11) is 1.69. The van der Waals surface area contributed by atoms with Crippen molar-refractivity contribution in [3.8, 4) is 0 Å². The molecular formula is C18H22N6O7. The molecule has 1 saturated heterocycles. The summed E-state index contributed by atoms with van der Waals surface area (Å²) in [6, 6.07) is 0. The van der Waals surface area contributed by atoms with Gasteiger partial charge in [-0.1, -0.05) is 6.92 Å². The molecule has 2 unspecified atom stereocenters. The lowest BCUT2D eigenvalue weighted by Crippen LogP contribution is -2.34. The van der Waals surface area contributed by atoms with E-state index in [9.17, 15) is 19.8 Å². The smallest absolute Gasteiger partial charge is 0.306 e. The largest absolute Gasteiger partial charge is 0.481 e. The number of amidine groups is 1. The van der Waals surface area contributed by atoms with Crippen LogP contribution in [-0.2, 0) is 19.1 Å². The SMILES string of the molecule is CC(CC(=O)OC[C@H]1O[C@@H](n2cc3c4c(ncnc42)N(C)N=C3N)[C@@H](O)C1O)C(=O)O. The molecule has 0 saturated carbocycles. The van der Waals surface area contributed by atoms with Crippen LogP contribution in [-0.4, -0.2) is 79.6 Å². The number of aliphatic hydroxyl groups excluding tert-OH is 2. The van der Waals surface area contributed by atoms with Crippen molar-refractivity contribution in [2.24, 2.45) is 16.8 Å². The lowest BCUT2D eigenvalue weighted by atomic mass is 10.1. The fourth-order valence-electron chi connectivity index (χ4n) is 3.63. The Morgan fingerprint density at radius 1 is 1.32 bits per heavy atom. The number of rotatable bonds is 6. The molecule has 4 rings (SSSR count). The summed E-state index contributed by atoms with van der Waals surface area (Å²) in [5.41, 5.74) is 7.01. The van der Waals surface area contributed by atoms with Crippen LogP contribution < -0.4 is 10.7 Å². The number of hydrogen-bond acceptors (Lipinski definition) is 11. The van der Waals surface area contributed by atoms with E-state index < -0.39 is 42.4 Å². The molecule has 13 nitrogen and oxygen atoms in total. The van der Waals surface area contributed by atoms with Crippen molar-refractivity contribution >= 4 is 34.6 Å². The van der Waals surface area contributed by atoms with Crippen molar-refractivity contribution in [1.82, 2.24) is 14.5 Å². The number of aromatic nitrogens is 3. The van der Waals surface area contributed by atoms with E-state index in [1.807, 2.05) is 0 Å². The Balaban J connectivity index is 1.54. The van der Waals surface area contributed by atoms with Crippen LogP contribution in [0.1, 0.15) is 25.1 Å². The van der Waals surface area contributed by atoms with Crippen molar-refractivity contribution in [3.63, 3.8) is 0 Å². The third-order valence-corrected chi connectivity index (χ3v) is 5.34. The number of aliphatic hydroxyl groups is 2. The van der Waals surface area contributed by atoms with Crippen LogP contribution in [0.5, 0.6) is 0 Å². The topological polar surface area (TPSA) is 186 Å². The molecule has 5 N–H and O–H groups in total. The van der Waals surface area contributed by atoms with Gasteiger partial charge in [0.15, 0.2) is 17.9 Å². The highest BCUT2D eigenvalue weighted by atomic mass is 16.6. The van der Waals surface area contributed by atoms with Gasteiger partial charge < -0.3 is 35.1 Å². The number of ether oxygens (including phenoxy) is 2. The molecule has 166 valence electrons. The van der Waals surface area contributed by atoms with Crippen molar-refractivity contribution in [2.75, 3.05) is 18.7 Å². The maximum Gasteiger partial charge on any atom is 0.306 e. The van der Waals surface area contributed by atoms with E-state index in [2.05, 4.69) is 15.1 Å². The summed E-state index contributed by atoms with van der Waals surface area (Å²) in [5.74, 6) is -2.00. The molecule has 5 atom stereocenters. The molecule has 2 aliphatic rings. The number of carbonyl (C=O) groups is 2. The van der Waals surface area contributed by atoms with Crippen LogP contribution in [0.4, 0.5) is 5.82 Å². The molecule has 2 aliphatic heterocycles. The molecule has 4 heterocycles. The van der Waals surface area contributed by atoms with Crippen LogP contribution >= 0.6 is 0 Å².